The van der Waals surface area contributed by atoms with Crippen molar-refractivity contribution in [2.75, 3.05) is 27.3 Å². The van der Waals surface area contributed by atoms with Crippen LogP contribution >= 0.6 is 23.2 Å². The highest BCUT2D eigenvalue weighted by molar-refractivity contribution is 6.39. The fourth-order valence-corrected chi connectivity index (χ4v) is 7.06. The number of carbonyl (C=O) groups is 2. The van der Waals surface area contributed by atoms with Crippen LogP contribution in [-0.4, -0.2) is 61.2 Å². The Morgan fingerprint density at radius 3 is 1.82 bits per heavy atom. The molecule has 10 nitrogen and oxygen atoms in total. The zero-order valence-electron chi connectivity index (χ0n) is 27.8. The van der Waals surface area contributed by atoms with Gasteiger partial charge in [0.05, 0.1) is 35.7 Å². The van der Waals surface area contributed by atoms with Crippen molar-refractivity contribution in [3.05, 3.63) is 81.3 Å². The van der Waals surface area contributed by atoms with Crippen molar-refractivity contribution in [2.45, 2.75) is 57.8 Å². The van der Waals surface area contributed by atoms with Crippen LogP contribution in [0.3, 0.4) is 0 Å². The zero-order valence-corrected chi connectivity index (χ0v) is 29.3. The van der Waals surface area contributed by atoms with Crippen LogP contribution in [0.15, 0.2) is 54.6 Å². The van der Waals surface area contributed by atoms with Gasteiger partial charge in [0, 0.05) is 84.5 Å². The summed E-state index contributed by atoms with van der Waals surface area (Å²) in [5.41, 5.74) is 7.25. The van der Waals surface area contributed by atoms with Crippen LogP contribution in [0.1, 0.15) is 42.4 Å². The summed E-state index contributed by atoms with van der Waals surface area (Å²) in [6, 6.07) is 17.8. The van der Waals surface area contributed by atoms with Crippen molar-refractivity contribution >= 4 is 35.0 Å². The number of rotatable bonds is 13. The molecule has 4 aromatic rings. The van der Waals surface area contributed by atoms with E-state index in [9.17, 15) is 9.59 Å². The lowest BCUT2D eigenvalue weighted by Crippen LogP contribution is -2.35. The molecule has 0 bridgehead atoms. The lowest BCUT2D eigenvalue weighted by atomic mass is 9.97. The first-order chi connectivity index (χ1) is 23.7. The summed E-state index contributed by atoms with van der Waals surface area (Å²) in [6.45, 7) is 4.49. The smallest absolute Gasteiger partial charge is 0.220 e. The van der Waals surface area contributed by atoms with E-state index < -0.39 is 0 Å². The SMILES string of the molecule is COc1nc(-c2cccc(-c3cccc(-c4cc(C)c(CNC[C@@H]5CCC(=O)N5)c(OC)n4)c3Cl)c2Cl)ccc1CNC[C@@H]1CCC(=O)N1. The number of nitrogens with one attached hydrogen (secondary N) is 4. The van der Waals surface area contributed by atoms with Crippen LogP contribution in [0, 0.1) is 6.92 Å². The summed E-state index contributed by atoms with van der Waals surface area (Å²) in [4.78, 5) is 32.7. The number of hydrogen-bond acceptors (Lipinski definition) is 8. The average Bonchev–Trinajstić information content (AvgIpc) is 3.72. The Kier molecular flexibility index (Phi) is 11.0. The maximum atomic E-state index is 11.6. The number of halogens is 2. The Hall–Kier alpha value is -4.22. The predicted molar refractivity (Wildman–Crippen MR) is 192 cm³/mol. The number of pyridine rings is 2. The van der Waals surface area contributed by atoms with E-state index in [0.717, 1.165) is 51.8 Å². The second kappa shape index (κ2) is 15.6. The van der Waals surface area contributed by atoms with E-state index in [2.05, 4.69) is 21.3 Å². The van der Waals surface area contributed by atoms with Gasteiger partial charge >= 0.3 is 0 Å². The minimum atomic E-state index is 0.0983. The number of nitrogens with zero attached hydrogens (tertiary/aromatic N) is 2. The van der Waals surface area contributed by atoms with Gasteiger partial charge in [-0.2, -0.15) is 0 Å². The summed E-state index contributed by atoms with van der Waals surface area (Å²) in [7, 11) is 3.21. The average molecular weight is 704 g/mol. The van der Waals surface area contributed by atoms with Gasteiger partial charge in [-0.05, 0) is 37.5 Å². The van der Waals surface area contributed by atoms with Crippen molar-refractivity contribution in [1.82, 2.24) is 31.2 Å². The molecule has 12 heteroatoms. The minimum absolute atomic E-state index is 0.0983. The van der Waals surface area contributed by atoms with Crippen LogP contribution in [-0.2, 0) is 22.7 Å². The van der Waals surface area contributed by atoms with Crippen LogP contribution in [0.25, 0.3) is 33.6 Å². The largest absolute Gasteiger partial charge is 0.481 e. The highest BCUT2D eigenvalue weighted by Gasteiger charge is 2.23. The van der Waals surface area contributed by atoms with Gasteiger partial charge in [0.25, 0.3) is 0 Å². The lowest BCUT2D eigenvalue weighted by Gasteiger charge is -2.17. The van der Waals surface area contributed by atoms with Gasteiger partial charge < -0.3 is 30.7 Å². The zero-order chi connectivity index (χ0) is 34.5. The number of hydrogen-bond donors (Lipinski definition) is 4. The van der Waals surface area contributed by atoms with Gasteiger partial charge in [-0.25, -0.2) is 9.97 Å². The Balaban J connectivity index is 1.22. The fourth-order valence-electron chi connectivity index (χ4n) is 6.41. The molecule has 2 atom stereocenters. The van der Waals surface area contributed by atoms with E-state index in [1.165, 1.54) is 0 Å². The van der Waals surface area contributed by atoms with Gasteiger partial charge in [-0.15, -0.1) is 0 Å². The van der Waals surface area contributed by atoms with Crippen LogP contribution in [0.2, 0.25) is 10.0 Å². The second-order valence-electron chi connectivity index (χ2n) is 12.4. The molecule has 2 aromatic heterocycles. The molecule has 2 aromatic carbocycles. The highest BCUT2D eigenvalue weighted by Crippen LogP contribution is 2.42. The van der Waals surface area contributed by atoms with Crippen LogP contribution < -0.4 is 30.7 Å². The minimum Gasteiger partial charge on any atom is -0.481 e. The Morgan fingerprint density at radius 1 is 0.735 bits per heavy atom. The number of ether oxygens (including phenoxy) is 2. The van der Waals surface area contributed by atoms with Crippen molar-refractivity contribution < 1.29 is 19.1 Å². The third kappa shape index (κ3) is 7.83. The van der Waals surface area contributed by atoms with Crippen molar-refractivity contribution in [2.24, 2.45) is 0 Å². The van der Waals surface area contributed by atoms with E-state index in [1.54, 1.807) is 14.2 Å². The molecule has 2 aliphatic rings. The molecule has 49 heavy (non-hydrogen) atoms. The van der Waals surface area contributed by atoms with Gasteiger partial charge in [0.2, 0.25) is 23.6 Å². The number of benzene rings is 2. The Bertz CT molecular complexity index is 1870. The molecule has 0 spiro atoms. The quantitative estimate of drug-likeness (QED) is 0.137. The summed E-state index contributed by atoms with van der Waals surface area (Å²) in [5.74, 6) is 1.22. The summed E-state index contributed by atoms with van der Waals surface area (Å²) in [6.07, 6.45) is 2.81. The summed E-state index contributed by atoms with van der Waals surface area (Å²) >= 11 is 14.2. The fraction of sp³-hybridized carbons (Fsp3) is 0.351. The summed E-state index contributed by atoms with van der Waals surface area (Å²) in [5, 5.41) is 13.8. The highest BCUT2D eigenvalue weighted by atomic mass is 35.5. The molecule has 2 aliphatic heterocycles. The maximum Gasteiger partial charge on any atom is 0.220 e. The number of aromatic nitrogens is 2. The molecule has 0 unspecified atom stereocenters. The van der Waals surface area contributed by atoms with Gasteiger partial charge in [-0.1, -0.05) is 65.7 Å². The molecule has 6 rings (SSSR count). The Labute approximate surface area is 296 Å². The van der Waals surface area contributed by atoms with Crippen LogP contribution in [0.5, 0.6) is 11.8 Å². The molecule has 256 valence electrons. The van der Waals surface area contributed by atoms with Crippen molar-refractivity contribution in [3.8, 4) is 45.4 Å². The van der Waals surface area contributed by atoms with Gasteiger partial charge in [-0.3, -0.25) is 9.59 Å². The predicted octanol–water partition coefficient (Wildman–Crippen LogP) is 5.85. The molecular formula is C37H40Cl2N6O4. The molecule has 0 saturated carbocycles. The normalized spacial score (nSPS) is 17.2. The van der Waals surface area contributed by atoms with E-state index in [0.29, 0.717) is 72.2 Å². The molecule has 4 N–H and O–H groups in total. The molecule has 2 fully saturated rings. The first kappa shape index (κ1) is 34.6. The monoisotopic (exact) mass is 702 g/mol. The van der Waals surface area contributed by atoms with Crippen molar-refractivity contribution in [3.63, 3.8) is 0 Å². The standard InChI is InChI=1S/C37H40Cl2N6O4/c1-21-16-31(45-37(49-3)29(21)20-41-19-24-12-15-33(47)43-24)28-9-5-7-26(35(28)39)25-6-4-8-27(34(25)38)30-13-10-22(36(44-30)48-2)17-40-18-23-11-14-32(46)42-23/h4-10,13,16,23-24,40-41H,11-12,14-15,17-20H2,1-3H3,(H,42,46)(H,43,47)/t23-,24-/m0/s1. The first-order valence-electron chi connectivity index (χ1n) is 16.4. The number of aryl methyl sites for hydroxylation is 1. The molecule has 0 aliphatic carbocycles. The second-order valence-corrected chi connectivity index (χ2v) is 13.1. The number of amides is 2. The van der Waals surface area contributed by atoms with E-state index >= 15 is 0 Å². The lowest BCUT2D eigenvalue weighted by molar-refractivity contribution is -0.120. The van der Waals surface area contributed by atoms with Gasteiger partial charge in [0.1, 0.15) is 0 Å². The Morgan fingerprint density at radius 2 is 1.27 bits per heavy atom. The molecule has 2 saturated heterocycles. The topological polar surface area (TPSA) is 126 Å². The van der Waals surface area contributed by atoms with Crippen LogP contribution in [0.4, 0.5) is 0 Å². The van der Waals surface area contributed by atoms with Gasteiger partial charge in [0.15, 0.2) is 0 Å². The molecular weight excluding hydrogens is 663 g/mol. The third-order valence-corrected chi connectivity index (χ3v) is 9.86. The van der Waals surface area contributed by atoms with Crippen molar-refractivity contribution in [1.29, 1.82) is 0 Å². The number of carbonyl (C=O) groups excluding carboxylic acids is 2. The van der Waals surface area contributed by atoms with E-state index in [1.807, 2.05) is 61.5 Å². The van der Waals surface area contributed by atoms with E-state index in [-0.39, 0.29) is 23.9 Å². The summed E-state index contributed by atoms with van der Waals surface area (Å²) < 4.78 is 11.4. The molecule has 0 radical (unpaired) electrons. The third-order valence-electron chi connectivity index (χ3n) is 9.04. The van der Waals surface area contributed by atoms with E-state index in [4.69, 9.17) is 42.6 Å². The maximum absolute atomic E-state index is 11.6. The first-order valence-corrected chi connectivity index (χ1v) is 17.2. The molecule has 4 heterocycles. The number of methoxy groups -OCH3 is 2. The molecule has 2 amide bonds.